The minimum absolute atomic E-state index is 0.0353. The molecule has 38 heavy (non-hydrogen) atoms. The molecule has 0 radical (unpaired) electrons. The van der Waals surface area contributed by atoms with Gasteiger partial charge in [-0.1, -0.05) is 74.4 Å². The molecule has 0 bridgehead atoms. The number of aryl methyl sites for hydroxylation is 1. The van der Waals surface area contributed by atoms with Gasteiger partial charge in [-0.3, -0.25) is 4.79 Å². The van der Waals surface area contributed by atoms with Crippen LogP contribution in [0.3, 0.4) is 0 Å². The highest BCUT2D eigenvalue weighted by Crippen LogP contribution is 2.31. The molecule has 1 fully saturated rings. The van der Waals surface area contributed by atoms with Crippen molar-refractivity contribution in [2.75, 3.05) is 12.0 Å². The quantitative estimate of drug-likeness (QED) is 0.170. The molecule has 0 saturated heterocycles. The van der Waals surface area contributed by atoms with Crippen molar-refractivity contribution in [3.05, 3.63) is 102 Å². The predicted octanol–water partition coefficient (Wildman–Crippen LogP) is 7.48. The van der Waals surface area contributed by atoms with E-state index in [1.807, 2.05) is 48.2 Å². The summed E-state index contributed by atoms with van der Waals surface area (Å²) >= 11 is 0. The average Bonchev–Trinajstić information content (AvgIpc) is 2.96. The molecule has 3 aromatic carbocycles. The average molecular weight is 510 g/mol. The number of carbonyl (C=O) groups excluding carboxylic acids is 2. The second-order valence-electron chi connectivity index (χ2n) is 9.67. The number of anilines is 1. The number of nitrogens with zero attached hydrogens (tertiary/aromatic N) is 1. The van der Waals surface area contributed by atoms with E-state index < -0.39 is 5.97 Å². The third-order valence-corrected chi connectivity index (χ3v) is 7.04. The van der Waals surface area contributed by atoms with Crippen LogP contribution in [0.25, 0.3) is 17.2 Å². The number of carbonyl (C=O) groups is 2. The number of rotatable bonds is 9. The Bertz CT molecular complexity index is 1300. The molecule has 0 N–H and O–H groups in total. The van der Waals surface area contributed by atoms with E-state index in [2.05, 4.69) is 36.9 Å². The summed E-state index contributed by atoms with van der Waals surface area (Å²) in [6, 6.07) is 22.2. The lowest BCUT2D eigenvalue weighted by molar-refractivity contribution is -0.134. The second kappa shape index (κ2) is 12.9. The van der Waals surface area contributed by atoms with E-state index in [0.717, 1.165) is 64.9 Å². The minimum atomic E-state index is -0.414. The molecule has 0 aromatic heterocycles. The van der Waals surface area contributed by atoms with Crippen LogP contribution in [0.5, 0.6) is 5.75 Å². The van der Waals surface area contributed by atoms with Gasteiger partial charge < -0.3 is 14.4 Å². The number of hydrogen-bond donors (Lipinski definition) is 0. The minimum Gasteiger partial charge on any atom is -0.466 e. The fraction of sp³-hybridized carbons (Fsp3) is 0.273. The maximum Gasteiger partial charge on any atom is 0.330 e. The van der Waals surface area contributed by atoms with E-state index >= 15 is 0 Å². The molecule has 1 aliphatic rings. The topological polar surface area (TPSA) is 55.8 Å². The van der Waals surface area contributed by atoms with Gasteiger partial charge in [0.05, 0.1) is 19.9 Å². The van der Waals surface area contributed by atoms with Gasteiger partial charge >= 0.3 is 5.97 Å². The molecule has 4 rings (SSSR count). The molecular weight excluding hydrogens is 474 g/mol. The molecule has 5 heteroatoms. The summed E-state index contributed by atoms with van der Waals surface area (Å²) < 4.78 is 10.3. The summed E-state index contributed by atoms with van der Waals surface area (Å²) in [6.45, 7) is 6.13. The lowest BCUT2D eigenvalue weighted by Gasteiger charge is -2.30. The van der Waals surface area contributed by atoms with Crippen LogP contribution in [0.2, 0.25) is 0 Å². The zero-order chi connectivity index (χ0) is 26.9. The van der Waals surface area contributed by atoms with Crippen molar-refractivity contribution in [1.82, 2.24) is 0 Å². The molecule has 3 aromatic rings. The lowest BCUT2D eigenvalue weighted by Crippen LogP contribution is -2.36. The molecule has 1 aliphatic carbocycles. The molecule has 0 atom stereocenters. The van der Waals surface area contributed by atoms with Crippen LogP contribution in [-0.2, 0) is 20.9 Å². The maximum atomic E-state index is 13.8. The summed E-state index contributed by atoms with van der Waals surface area (Å²) in [7, 11) is 1.35. The van der Waals surface area contributed by atoms with Crippen LogP contribution in [-0.4, -0.2) is 19.0 Å². The van der Waals surface area contributed by atoms with Crippen molar-refractivity contribution in [1.29, 1.82) is 0 Å². The van der Waals surface area contributed by atoms with Gasteiger partial charge in [-0.25, -0.2) is 4.79 Å². The normalized spacial score (nSPS) is 13.7. The van der Waals surface area contributed by atoms with Gasteiger partial charge in [-0.05, 0) is 71.9 Å². The first-order valence-electron chi connectivity index (χ1n) is 13.1. The van der Waals surface area contributed by atoms with Crippen LogP contribution in [0.4, 0.5) is 5.69 Å². The van der Waals surface area contributed by atoms with Crippen LogP contribution in [0, 0.1) is 12.8 Å². The number of esters is 1. The molecule has 0 aliphatic heterocycles. The largest absolute Gasteiger partial charge is 0.466 e. The number of ether oxygens (including phenoxy) is 2. The van der Waals surface area contributed by atoms with Gasteiger partial charge in [-0.2, -0.15) is 0 Å². The van der Waals surface area contributed by atoms with Gasteiger partial charge in [0.2, 0.25) is 5.91 Å². The van der Waals surface area contributed by atoms with Crippen molar-refractivity contribution in [3.8, 4) is 16.9 Å². The third kappa shape index (κ3) is 6.80. The molecule has 1 saturated carbocycles. The number of amides is 1. The summed E-state index contributed by atoms with van der Waals surface area (Å²) in [4.78, 5) is 27.2. The number of hydrogen-bond acceptors (Lipinski definition) is 4. The van der Waals surface area contributed by atoms with Crippen molar-refractivity contribution in [2.24, 2.45) is 5.92 Å². The SMILES string of the molecule is C=COc1cc(-c2ccc(CN(C(=O)C3CCCCC3)c3cccc(/C=C/C(=O)OC)c3)cc2)ccc1C. The first kappa shape index (κ1) is 26.9. The van der Waals surface area contributed by atoms with E-state index in [-0.39, 0.29) is 11.8 Å². The highest BCUT2D eigenvalue weighted by atomic mass is 16.5. The molecule has 1 amide bonds. The second-order valence-corrected chi connectivity index (χ2v) is 9.67. The zero-order valence-corrected chi connectivity index (χ0v) is 22.2. The van der Waals surface area contributed by atoms with Gasteiger partial charge in [0.15, 0.2) is 0 Å². The zero-order valence-electron chi connectivity index (χ0n) is 22.2. The summed E-state index contributed by atoms with van der Waals surface area (Å²) in [6.07, 6.45) is 9.77. The van der Waals surface area contributed by atoms with Crippen LogP contribution >= 0.6 is 0 Å². The predicted molar refractivity (Wildman–Crippen MR) is 153 cm³/mol. The molecule has 5 nitrogen and oxygen atoms in total. The molecule has 0 heterocycles. The Morgan fingerprint density at radius 2 is 1.71 bits per heavy atom. The van der Waals surface area contributed by atoms with E-state index in [9.17, 15) is 9.59 Å². The summed E-state index contributed by atoms with van der Waals surface area (Å²) in [5, 5.41) is 0. The molecule has 196 valence electrons. The molecule has 0 unspecified atom stereocenters. The Labute approximate surface area is 225 Å². The van der Waals surface area contributed by atoms with Gasteiger partial charge in [0.25, 0.3) is 0 Å². The highest BCUT2D eigenvalue weighted by molar-refractivity contribution is 5.95. The van der Waals surface area contributed by atoms with Crippen LogP contribution < -0.4 is 9.64 Å². The summed E-state index contributed by atoms with van der Waals surface area (Å²) in [5.41, 5.74) is 5.87. The lowest BCUT2D eigenvalue weighted by atomic mass is 9.88. The Morgan fingerprint density at radius 1 is 0.974 bits per heavy atom. The smallest absolute Gasteiger partial charge is 0.330 e. The van der Waals surface area contributed by atoms with Gasteiger partial charge in [0, 0.05) is 17.7 Å². The monoisotopic (exact) mass is 509 g/mol. The third-order valence-electron chi connectivity index (χ3n) is 7.04. The Balaban J connectivity index is 1.60. The highest BCUT2D eigenvalue weighted by Gasteiger charge is 2.27. The number of benzene rings is 3. The van der Waals surface area contributed by atoms with Gasteiger partial charge in [0.1, 0.15) is 5.75 Å². The fourth-order valence-electron chi connectivity index (χ4n) is 4.88. The molecule has 0 spiro atoms. The summed E-state index contributed by atoms with van der Waals surface area (Å²) in [5.74, 6) is 0.565. The fourth-order valence-corrected chi connectivity index (χ4v) is 4.88. The Morgan fingerprint density at radius 3 is 2.42 bits per heavy atom. The first-order chi connectivity index (χ1) is 18.5. The first-order valence-corrected chi connectivity index (χ1v) is 13.1. The van der Waals surface area contributed by atoms with Crippen molar-refractivity contribution in [2.45, 2.75) is 45.6 Å². The van der Waals surface area contributed by atoms with Crippen LogP contribution in [0.1, 0.15) is 48.8 Å². The van der Waals surface area contributed by atoms with Crippen molar-refractivity contribution in [3.63, 3.8) is 0 Å². The van der Waals surface area contributed by atoms with Gasteiger partial charge in [-0.15, -0.1) is 0 Å². The van der Waals surface area contributed by atoms with E-state index in [4.69, 9.17) is 9.47 Å². The van der Waals surface area contributed by atoms with Crippen LogP contribution in [0.15, 0.2) is 85.6 Å². The van der Waals surface area contributed by atoms with E-state index in [1.165, 1.54) is 25.9 Å². The number of methoxy groups -OCH3 is 1. The maximum absolute atomic E-state index is 13.8. The standard InChI is InChI=1S/C33H35NO4/c1-4-38-31-22-29(17-13-24(31)2)27-18-14-26(15-19-27)23-34(33(36)28-10-6-5-7-11-28)30-12-8-9-25(21-30)16-20-32(35)37-3/h4,8-9,12-22,28H,1,5-7,10-11,23H2,2-3H3/b20-16+. The van der Waals surface area contributed by atoms with E-state index in [1.54, 1.807) is 6.08 Å². The van der Waals surface area contributed by atoms with Crippen molar-refractivity contribution < 1.29 is 19.1 Å². The molecular formula is C33H35NO4. The Kier molecular flexibility index (Phi) is 9.15. The Hall–Kier alpha value is -4.12. The van der Waals surface area contributed by atoms with E-state index in [0.29, 0.717) is 6.54 Å². The van der Waals surface area contributed by atoms with Crippen molar-refractivity contribution >= 4 is 23.6 Å².